The van der Waals surface area contributed by atoms with Crippen molar-refractivity contribution < 1.29 is 9.18 Å². The van der Waals surface area contributed by atoms with Crippen LogP contribution in [0.4, 0.5) is 4.39 Å². The van der Waals surface area contributed by atoms with E-state index >= 15 is 0 Å². The van der Waals surface area contributed by atoms with Crippen LogP contribution >= 0.6 is 0 Å². The molecule has 1 aromatic heterocycles. The van der Waals surface area contributed by atoms with Crippen LogP contribution in [-0.4, -0.2) is 40.0 Å². The van der Waals surface area contributed by atoms with E-state index in [9.17, 15) is 9.18 Å². The van der Waals surface area contributed by atoms with Crippen LogP contribution in [-0.2, 0) is 6.42 Å². The summed E-state index contributed by atoms with van der Waals surface area (Å²) in [6.07, 6.45) is 5.35. The van der Waals surface area contributed by atoms with Gasteiger partial charge >= 0.3 is 0 Å². The van der Waals surface area contributed by atoms with Gasteiger partial charge in [0.25, 0.3) is 5.91 Å². The molecule has 1 saturated carbocycles. The fourth-order valence-corrected chi connectivity index (χ4v) is 6.63. The number of aromatic nitrogens is 1. The van der Waals surface area contributed by atoms with E-state index in [1.807, 2.05) is 12.1 Å². The zero-order valence-corrected chi connectivity index (χ0v) is 17.8. The minimum absolute atomic E-state index is 0.0443. The van der Waals surface area contributed by atoms with E-state index in [4.69, 9.17) is 0 Å². The van der Waals surface area contributed by atoms with Gasteiger partial charge in [0.1, 0.15) is 11.5 Å². The van der Waals surface area contributed by atoms with Gasteiger partial charge in [0.15, 0.2) is 0 Å². The Morgan fingerprint density at radius 2 is 2.00 bits per heavy atom. The van der Waals surface area contributed by atoms with E-state index in [-0.39, 0.29) is 29.2 Å². The molecule has 0 spiro atoms. The maximum Gasteiger partial charge on any atom is 0.270 e. The van der Waals surface area contributed by atoms with E-state index in [0.717, 1.165) is 36.6 Å². The Bertz CT molecular complexity index is 1140. The first-order valence-electron chi connectivity index (χ1n) is 11.4. The first-order valence-corrected chi connectivity index (χ1v) is 11.4. The summed E-state index contributed by atoms with van der Waals surface area (Å²) in [5.41, 5.74) is 2.74. The predicted octanol–water partition coefficient (Wildman–Crippen LogP) is 4.66. The maximum absolute atomic E-state index is 14.0. The number of amides is 1. The van der Waals surface area contributed by atoms with Crippen LogP contribution in [0.1, 0.15) is 48.7 Å². The first-order chi connectivity index (χ1) is 15.0. The van der Waals surface area contributed by atoms with Crippen molar-refractivity contribution in [1.29, 1.82) is 0 Å². The van der Waals surface area contributed by atoms with Crippen LogP contribution in [0, 0.1) is 11.2 Å². The molecule has 4 nitrogen and oxygen atoms in total. The molecule has 0 unspecified atom stereocenters. The number of nitrogens with one attached hydrogen (secondary N) is 2. The molecule has 2 aromatic carbocycles. The quantitative estimate of drug-likeness (QED) is 0.651. The standard InChI is InChI=1S/C26H28FN3O/c1-26-15-21-22(12-16-6-3-2-4-7-16)30(24(26)9-5-8-23(26)29-21)25(31)20-14-17-13-18(27)10-11-19(17)28-20/h2-4,6-7,10-11,13-14,21-24,28-29H,5,8-9,12,15H2,1H3/t21-,22-,23-,24+,26-/m0/s1. The molecule has 0 radical (unpaired) electrons. The van der Waals surface area contributed by atoms with Gasteiger partial charge in [-0.1, -0.05) is 37.3 Å². The topological polar surface area (TPSA) is 48.1 Å². The number of hydrogen-bond acceptors (Lipinski definition) is 2. The number of aromatic amines is 1. The highest BCUT2D eigenvalue weighted by atomic mass is 19.1. The molecule has 2 bridgehead atoms. The van der Waals surface area contributed by atoms with Crippen LogP contribution < -0.4 is 5.32 Å². The highest BCUT2D eigenvalue weighted by Crippen LogP contribution is 2.52. The molecular weight excluding hydrogens is 389 g/mol. The number of benzene rings is 2. The number of rotatable bonds is 3. The summed E-state index contributed by atoms with van der Waals surface area (Å²) in [6.45, 7) is 2.37. The van der Waals surface area contributed by atoms with Crippen molar-refractivity contribution >= 4 is 16.8 Å². The highest BCUT2D eigenvalue weighted by molar-refractivity contribution is 5.98. The molecule has 1 aliphatic carbocycles. The largest absolute Gasteiger partial charge is 0.351 e. The second kappa shape index (κ2) is 6.92. The number of nitrogens with zero attached hydrogens (tertiary/aromatic N) is 1. The average Bonchev–Trinajstić information content (AvgIpc) is 3.34. The number of carbonyl (C=O) groups is 1. The van der Waals surface area contributed by atoms with Gasteiger partial charge in [-0.25, -0.2) is 4.39 Å². The third kappa shape index (κ3) is 2.93. The normalized spacial score (nSPS) is 31.9. The summed E-state index contributed by atoms with van der Waals surface area (Å²) < 4.78 is 13.7. The lowest BCUT2D eigenvalue weighted by atomic mass is 9.64. The van der Waals surface area contributed by atoms with E-state index in [1.54, 1.807) is 6.07 Å². The highest BCUT2D eigenvalue weighted by Gasteiger charge is 2.60. The Morgan fingerprint density at radius 1 is 1.16 bits per heavy atom. The summed E-state index contributed by atoms with van der Waals surface area (Å²) in [7, 11) is 0. The molecule has 5 heteroatoms. The Morgan fingerprint density at radius 3 is 2.84 bits per heavy atom. The van der Waals surface area contributed by atoms with Crippen molar-refractivity contribution in [2.75, 3.05) is 0 Å². The summed E-state index contributed by atoms with van der Waals surface area (Å²) in [4.78, 5) is 19.4. The Balaban J connectivity index is 1.42. The Kier molecular flexibility index (Phi) is 4.26. The molecule has 31 heavy (non-hydrogen) atoms. The number of likely N-dealkylation sites (tertiary alicyclic amines) is 1. The van der Waals surface area contributed by atoms with Crippen LogP contribution in [0.25, 0.3) is 10.9 Å². The summed E-state index contributed by atoms with van der Waals surface area (Å²) >= 11 is 0. The SMILES string of the molecule is C[C@]12C[C@@H]3N[C@H]1CCC[C@H]2N(C(=O)c1cc2cc(F)ccc2[nH]1)[C@H]3Cc1ccccc1. The van der Waals surface area contributed by atoms with Crippen molar-refractivity contribution in [3.05, 3.63) is 71.7 Å². The lowest BCUT2D eigenvalue weighted by Crippen LogP contribution is -2.62. The minimum Gasteiger partial charge on any atom is -0.351 e. The second-order valence-corrected chi connectivity index (χ2v) is 9.87. The van der Waals surface area contributed by atoms with Gasteiger partial charge in [0.05, 0.1) is 6.04 Å². The van der Waals surface area contributed by atoms with Crippen LogP contribution in [0.5, 0.6) is 0 Å². The summed E-state index contributed by atoms with van der Waals surface area (Å²) in [6, 6.07) is 18.0. The van der Waals surface area contributed by atoms with E-state index in [1.165, 1.54) is 24.1 Å². The predicted molar refractivity (Wildman–Crippen MR) is 119 cm³/mol. The molecule has 2 saturated heterocycles. The van der Waals surface area contributed by atoms with Gasteiger partial charge in [-0.15, -0.1) is 0 Å². The van der Waals surface area contributed by atoms with Crippen molar-refractivity contribution in [3.63, 3.8) is 0 Å². The number of carbonyl (C=O) groups excluding carboxylic acids is 1. The second-order valence-electron chi connectivity index (χ2n) is 9.87. The fraction of sp³-hybridized carbons (Fsp3) is 0.423. The molecule has 3 heterocycles. The molecule has 3 aromatic rings. The van der Waals surface area contributed by atoms with Crippen molar-refractivity contribution in [1.82, 2.24) is 15.2 Å². The monoisotopic (exact) mass is 417 g/mol. The number of hydrogen-bond donors (Lipinski definition) is 2. The fourth-order valence-electron chi connectivity index (χ4n) is 6.63. The van der Waals surface area contributed by atoms with Gasteiger partial charge < -0.3 is 15.2 Å². The molecule has 5 atom stereocenters. The van der Waals surface area contributed by atoms with Crippen LogP contribution in [0.15, 0.2) is 54.6 Å². The molecule has 6 rings (SSSR count). The number of fused-ring (bicyclic) bond motifs is 2. The maximum atomic E-state index is 14.0. The first kappa shape index (κ1) is 19.1. The zero-order valence-electron chi connectivity index (χ0n) is 17.8. The summed E-state index contributed by atoms with van der Waals surface area (Å²) in [5.74, 6) is -0.238. The Labute approximate surface area is 181 Å². The zero-order chi connectivity index (χ0) is 21.2. The van der Waals surface area contributed by atoms with Crippen molar-refractivity contribution in [2.24, 2.45) is 5.41 Å². The lowest BCUT2D eigenvalue weighted by Gasteiger charge is -2.53. The number of piperidine rings is 1. The molecule has 1 amide bonds. The van der Waals surface area contributed by atoms with E-state index < -0.39 is 0 Å². The number of halogens is 1. The molecule has 2 aliphatic heterocycles. The lowest BCUT2D eigenvalue weighted by molar-refractivity contribution is -0.0114. The average molecular weight is 418 g/mol. The van der Waals surface area contributed by atoms with Gasteiger partial charge in [-0.3, -0.25) is 4.79 Å². The van der Waals surface area contributed by atoms with Crippen LogP contribution in [0.2, 0.25) is 0 Å². The molecule has 3 fully saturated rings. The van der Waals surface area contributed by atoms with Gasteiger partial charge in [-0.2, -0.15) is 0 Å². The van der Waals surface area contributed by atoms with Gasteiger partial charge in [0, 0.05) is 34.4 Å². The molecule has 160 valence electrons. The molecule has 2 N–H and O–H groups in total. The van der Waals surface area contributed by atoms with Crippen molar-refractivity contribution in [2.45, 2.75) is 63.2 Å². The molecule has 3 aliphatic rings. The molecular formula is C26H28FN3O. The van der Waals surface area contributed by atoms with E-state index in [0.29, 0.717) is 17.8 Å². The van der Waals surface area contributed by atoms with Crippen molar-refractivity contribution in [3.8, 4) is 0 Å². The van der Waals surface area contributed by atoms with Crippen LogP contribution in [0.3, 0.4) is 0 Å². The van der Waals surface area contributed by atoms with Gasteiger partial charge in [-0.05, 0) is 61.9 Å². The van der Waals surface area contributed by atoms with Gasteiger partial charge in [0.2, 0.25) is 0 Å². The minimum atomic E-state index is -0.282. The smallest absolute Gasteiger partial charge is 0.270 e. The third-order valence-electron chi connectivity index (χ3n) is 8.10. The van der Waals surface area contributed by atoms with E-state index in [2.05, 4.69) is 46.4 Å². The number of H-pyrrole nitrogens is 1. The Hall–Kier alpha value is -2.66. The summed E-state index contributed by atoms with van der Waals surface area (Å²) in [5, 5.41) is 4.66. The third-order valence-corrected chi connectivity index (χ3v) is 8.10.